The zero-order valence-corrected chi connectivity index (χ0v) is 12.9. The standard InChI is InChI=1S/C14H14BrF3N2O/c1-21-11-2-3-12-10(8-11)4-6-19-13(12)20(7-5-15)9-14(16,17)18/h2-4,6,8H,5,7,9H2,1H3. The van der Waals surface area contributed by atoms with E-state index in [0.717, 1.165) is 5.39 Å². The van der Waals surface area contributed by atoms with Crippen molar-refractivity contribution in [1.29, 1.82) is 0 Å². The van der Waals surface area contributed by atoms with E-state index < -0.39 is 12.7 Å². The van der Waals surface area contributed by atoms with Gasteiger partial charge in [0.05, 0.1) is 7.11 Å². The van der Waals surface area contributed by atoms with Crippen LogP contribution in [0.25, 0.3) is 10.8 Å². The number of anilines is 1. The summed E-state index contributed by atoms with van der Waals surface area (Å²) >= 11 is 3.18. The summed E-state index contributed by atoms with van der Waals surface area (Å²) in [5.74, 6) is 0.981. The Morgan fingerprint density at radius 2 is 2.05 bits per heavy atom. The molecule has 0 saturated heterocycles. The number of ether oxygens (including phenoxy) is 1. The van der Waals surface area contributed by atoms with Gasteiger partial charge in [-0.3, -0.25) is 0 Å². The molecule has 3 nitrogen and oxygen atoms in total. The topological polar surface area (TPSA) is 25.4 Å². The van der Waals surface area contributed by atoms with E-state index in [0.29, 0.717) is 22.3 Å². The fraction of sp³-hybridized carbons (Fsp3) is 0.357. The second-order valence-corrected chi connectivity index (χ2v) is 5.24. The van der Waals surface area contributed by atoms with E-state index in [1.165, 1.54) is 11.1 Å². The monoisotopic (exact) mass is 362 g/mol. The Morgan fingerprint density at radius 1 is 1.29 bits per heavy atom. The van der Waals surface area contributed by atoms with E-state index in [9.17, 15) is 13.2 Å². The second kappa shape index (κ2) is 6.51. The molecule has 0 aliphatic heterocycles. The van der Waals surface area contributed by atoms with E-state index in [4.69, 9.17) is 4.74 Å². The van der Waals surface area contributed by atoms with Crippen molar-refractivity contribution in [2.45, 2.75) is 6.18 Å². The minimum atomic E-state index is -4.28. The predicted molar refractivity (Wildman–Crippen MR) is 80.4 cm³/mol. The van der Waals surface area contributed by atoms with Gasteiger partial charge in [0, 0.05) is 23.5 Å². The van der Waals surface area contributed by atoms with Gasteiger partial charge in [-0.05, 0) is 29.7 Å². The van der Waals surface area contributed by atoms with Gasteiger partial charge in [-0.1, -0.05) is 15.9 Å². The van der Waals surface area contributed by atoms with Crippen molar-refractivity contribution in [1.82, 2.24) is 4.98 Å². The summed E-state index contributed by atoms with van der Waals surface area (Å²) in [6.07, 6.45) is -2.77. The van der Waals surface area contributed by atoms with Crippen LogP contribution < -0.4 is 9.64 Å². The van der Waals surface area contributed by atoms with Crippen molar-refractivity contribution in [3.8, 4) is 5.75 Å². The molecule has 114 valence electrons. The maximum absolute atomic E-state index is 12.7. The first-order valence-electron chi connectivity index (χ1n) is 6.25. The molecule has 1 heterocycles. The van der Waals surface area contributed by atoms with Crippen LogP contribution in [0, 0.1) is 0 Å². The van der Waals surface area contributed by atoms with Crippen molar-refractivity contribution in [2.75, 3.05) is 30.4 Å². The van der Waals surface area contributed by atoms with Gasteiger partial charge in [0.25, 0.3) is 0 Å². The molecule has 2 aromatic rings. The van der Waals surface area contributed by atoms with Gasteiger partial charge in [-0.15, -0.1) is 0 Å². The lowest BCUT2D eigenvalue weighted by atomic mass is 10.1. The molecule has 1 aromatic carbocycles. The zero-order valence-electron chi connectivity index (χ0n) is 11.3. The highest BCUT2D eigenvalue weighted by Crippen LogP contribution is 2.29. The number of halogens is 4. The Kier molecular flexibility index (Phi) is 4.92. The molecule has 0 bridgehead atoms. The van der Waals surface area contributed by atoms with Crippen molar-refractivity contribution < 1.29 is 17.9 Å². The average Bonchev–Trinajstić information content (AvgIpc) is 2.44. The van der Waals surface area contributed by atoms with Crippen LogP contribution >= 0.6 is 15.9 Å². The molecule has 7 heteroatoms. The molecule has 0 amide bonds. The highest BCUT2D eigenvalue weighted by atomic mass is 79.9. The molecule has 0 fully saturated rings. The van der Waals surface area contributed by atoms with Crippen LogP contribution in [-0.2, 0) is 0 Å². The molecule has 0 unspecified atom stereocenters. The van der Waals surface area contributed by atoms with E-state index in [1.807, 2.05) is 0 Å². The van der Waals surface area contributed by atoms with Crippen molar-refractivity contribution in [3.63, 3.8) is 0 Å². The van der Waals surface area contributed by atoms with Crippen molar-refractivity contribution in [2.24, 2.45) is 0 Å². The number of benzene rings is 1. The molecular weight excluding hydrogens is 349 g/mol. The van der Waals surface area contributed by atoms with Gasteiger partial charge in [0.2, 0.25) is 0 Å². The van der Waals surface area contributed by atoms with Crippen LogP contribution in [0.3, 0.4) is 0 Å². The molecule has 0 spiro atoms. The maximum Gasteiger partial charge on any atom is 0.405 e. The number of alkyl halides is 4. The molecule has 0 N–H and O–H groups in total. The summed E-state index contributed by atoms with van der Waals surface area (Å²) in [5, 5.41) is 1.89. The van der Waals surface area contributed by atoms with E-state index in [-0.39, 0.29) is 6.54 Å². The molecule has 0 atom stereocenters. The Balaban J connectivity index is 2.47. The molecule has 1 aromatic heterocycles. The lowest BCUT2D eigenvalue weighted by molar-refractivity contribution is -0.119. The SMILES string of the molecule is COc1ccc2c(N(CCBr)CC(F)(F)F)nccc2c1. The highest BCUT2D eigenvalue weighted by Gasteiger charge is 2.31. The van der Waals surface area contributed by atoms with Crippen LogP contribution in [0.2, 0.25) is 0 Å². The Morgan fingerprint density at radius 3 is 2.67 bits per heavy atom. The number of methoxy groups -OCH3 is 1. The first-order valence-corrected chi connectivity index (χ1v) is 7.37. The van der Waals surface area contributed by atoms with Crippen LogP contribution in [0.4, 0.5) is 19.0 Å². The van der Waals surface area contributed by atoms with Crippen LogP contribution in [0.5, 0.6) is 5.75 Å². The summed E-state index contributed by atoms with van der Waals surface area (Å²) in [6.45, 7) is -0.811. The fourth-order valence-electron chi connectivity index (χ4n) is 2.10. The lowest BCUT2D eigenvalue weighted by Gasteiger charge is -2.25. The lowest BCUT2D eigenvalue weighted by Crippen LogP contribution is -2.36. The van der Waals surface area contributed by atoms with Gasteiger partial charge in [-0.25, -0.2) is 4.98 Å². The van der Waals surface area contributed by atoms with Gasteiger partial charge < -0.3 is 9.64 Å². The first-order chi connectivity index (χ1) is 9.94. The Hall–Kier alpha value is -1.50. The minimum absolute atomic E-state index is 0.220. The molecule has 0 radical (unpaired) electrons. The Bertz CT molecular complexity index is 619. The number of aromatic nitrogens is 1. The van der Waals surface area contributed by atoms with Gasteiger partial charge in [-0.2, -0.15) is 13.2 Å². The zero-order chi connectivity index (χ0) is 15.5. The number of rotatable bonds is 5. The van der Waals surface area contributed by atoms with E-state index >= 15 is 0 Å². The minimum Gasteiger partial charge on any atom is -0.497 e. The normalized spacial score (nSPS) is 11.7. The third kappa shape index (κ3) is 4.00. The van der Waals surface area contributed by atoms with Gasteiger partial charge in [0.1, 0.15) is 18.1 Å². The van der Waals surface area contributed by atoms with Gasteiger partial charge >= 0.3 is 6.18 Å². The molecule has 0 aliphatic carbocycles. The molecular formula is C14H14BrF3N2O. The molecule has 0 aliphatic rings. The second-order valence-electron chi connectivity index (χ2n) is 4.45. The van der Waals surface area contributed by atoms with Crippen molar-refractivity contribution >= 4 is 32.5 Å². The van der Waals surface area contributed by atoms with Crippen molar-refractivity contribution in [3.05, 3.63) is 30.5 Å². The summed E-state index contributed by atoms with van der Waals surface area (Å²) in [7, 11) is 1.55. The summed E-state index contributed by atoms with van der Waals surface area (Å²) in [5.41, 5.74) is 0. The van der Waals surface area contributed by atoms with Crippen LogP contribution in [0.1, 0.15) is 0 Å². The summed E-state index contributed by atoms with van der Waals surface area (Å²) < 4.78 is 43.3. The smallest absolute Gasteiger partial charge is 0.405 e. The molecule has 2 rings (SSSR count). The number of hydrogen-bond acceptors (Lipinski definition) is 3. The summed E-state index contributed by atoms with van der Waals surface area (Å²) in [4.78, 5) is 5.36. The number of hydrogen-bond donors (Lipinski definition) is 0. The summed E-state index contributed by atoms with van der Waals surface area (Å²) in [6, 6.07) is 6.98. The number of pyridine rings is 1. The van der Waals surface area contributed by atoms with Crippen LogP contribution in [0.15, 0.2) is 30.5 Å². The predicted octanol–water partition coefficient (Wildman–Crippen LogP) is 4.01. The van der Waals surface area contributed by atoms with E-state index in [1.54, 1.807) is 31.4 Å². The fourth-order valence-corrected chi connectivity index (χ4v) is 2.53. The first kappa shape index (κ1) is 15.9. The largest absolute Gasteiger partial charge is 0.497 e. The van der Waals surface area contributed by atoms with E-state index in [2.05, 4.69) is 20.9 Å². The molecule has 0 saturated carbocycles. The average molecular weight is 363 g/mol. The number of nitrogens with zero attached hydrogens (tertiary/aromatic N) is 2. The maximum atomic E-state index is 12.7. The van der Waals surface area contributed by atoms with Crippen LogP contribution in [-0.4, -0.2) is 36.7 Å². The third-order valence-corrected chi connectivity index (χ3v) is 3.33. The molecule has 21 heavy (non-hydrogen) atoms. The van der Waals surface area contributed by atoms with Gasteiger partial charge in [0.15, 0.2) is 0 Å². The quantitative estimate of drug-likeness (QED) is 0.751. The third-order valence-electron chi connectivity index (χ3n) is 2.97. The Labute approximate surface area is 128 Å². The number of fused-ring (bicyclic) bond motifs is 1. The highest BCUT2D eigenvalue weighted by molar-refractivity contribution is 9.09.